The van der Waals surface area contributed by atoms with Gasteiger partial charge in [-0.05, 0) is 67.9 Å². The van der Waals surface area contributed by atoms with E-state index in [9.17, 15) is 4.79 Å². The van der Waals surface area contributed by atoms with Gasteiger partial charge in [-0.1, -0.05) is 37.6 Å². The minimum atomic E-state index is -0.0886. The monoisotopic (exact) mass is 452 g/mol. The van der Waals surface area contributed by atoms with Gasteiger partial charge in [-0.3, -0.25) is 4.79 Å². The highest BCUT2D eigenvalue weighted by atomic mass is 32.1. The summed E-state index contributed by atoms with van der Waals surface area (Å²) in [6.07, 6.45) is 0. The van der Waals surface area contributed by atoms with Crippen LogP contribution < -0.4 is 15.6 Å². The van der Waals surface area contributed by atoms with Gasteiger partial charge in [-0.2, -0.15) is 0 Å². The molecule has 7 heteroatoms. The van der Waals surface area contributed by atoms with Gasteiger partial charge >= 0.3 is 0 Å². The van der Waals surface area contributed by atoms with Gasteiger partial charge in [0, 0.05) is 24.2 Å². The van der Waals surface area contributed by atoms with Gasteiger partial charge in [0.1, 0.15) is 5.75 Å². The van der Waals surface area contributed by atoms with E-state index < -0.39 is 0 Å². The van der Waals surface area contributed by atoms with Crippen LogP contribution in [0.5, 0.6) is 5.75 Å². The lowest BCUT2D eigenvalue weighted by Crippen LogP contribution is -2.41. The first-order valence-electron chi connectivity index (χ1n) is 11.0. The molecule has 3 rings (SSSR count). The highest BCUT2D eigenvalue weighted by Gasteiger charge is 2.16. The molecule has 0 aliphatic carbocycles. The molecule has 0 amide bonds. The van der Waals surface area contributed by atoms with Crippen molar-refractivity contribution in [1.29, 1.82) is 0 Å². The Morgan fingerprint density at radius 2 is 1.84 bits per heavy atom. The number of nitrogens with zero attached hydrogens (tertiary/aromatic N) is 2. The Hall–Kier alpha value is -2.90. The van der Waals surface area contributed by atoms with Crippen LogP contribution in [0.2, 0.25) is 0 Å². The minimum absolute atomic E-state index is 0.0886. The third-order valence-corrected chi connectivity index (χ3v) is 6.01. The van der Waals surface area contributed by atoms with Crippen molar-refractivity contribution in [2.75, 3.05) is 38.6 Å². The minimum Gasteiger partial charge on any atom is -0.495 e. The summed E-state index contributed by atoms with van der Waals surface area (Å²) in [7, 11) is 1.64. The summed E-state index contributed by atoms with van der Waals surface area (Å²) < 4.78 is 5.45. The van der Waals surface area contributed by atoms with Crippen LogP contribution in [0.4, 0.5) is 5.69 Å². The summed E-state index contributed by atoms with van der Waals surface area (Å²) in [5, 5.41) is 4.89. The van der Waals surface area contributed by atoms with Crippen LogP contribution in [0.1, 0.15) is 25.0 Å². The third kappa shape index (κ3) is 5.87. The van der Waals surface area contributed by atoms with Gasteiger partial charge < -0.3 is 24.8 Å². The van der Waals surface area contributed by atoms with Crippen LogP contribution in [0.3, 0.4) is 0 Å². The molecule has 0 atom stereocenters. The number of thiocarbonyl (C=S) groups is 1. The van der Waals surface area contributed by atoms with Crippen molar-refractivity contribution in [1.82, 2.24) is 14.8 Å². The molecule has 0 fully saturated rings. The van der Waals surface area contributed by atoms with E-state index in [-0.39, 0.29) is 5.56 Å². The molecule has 0 aliphatic rings. The molecule has 0 bridgehead atoms. The molecule has 170 valence electrons. The van der Waals surface area contributed by atoms with Crippen LogP contribution in [-0.4, -0.2) is 53.2 Å². The topological polar surface area (TPSA) is 60.6 Å². The number of pyridine rings is 1. The maximum Gasteiger partial charge on any atom is 0.253 e. The fourth-order valence-electron chi connectivity index (χ4n) is 3.69. The van der Waals surface area contributed by atoms with Crippen molar-refractivity contribution in [2.45, 2.75) is 27.3 Å². The zero-order chi connectivity index (χ0) is 23.1. The van der Waals surface area contributed by atoms with Gasteiger partial charge in [-0.25, -0.2) is 0 Å². The van der Waals surface area contributed by atoms with E-state index in [0.29, 0.717) is 23.8 Å². The van der Waals surface area contributed by atoms with Gasteiger partial charge in [-0.15, -0.1) is 0 Å². The molecule has 0 unspecified atom stereocenters. The molecule has 2 aromatic carbocycles. The zero-order valence-corrected chi connectivity index (χ0v) is 20.1. The van der Waals surface area contributed by atoms with Crippen molar-refractivity contribution in [3.05, 3.63) is 70.0 Å². The molecule has 32 heavy (non-hydrogen) atoms. The number of methoxy groups -OCH3 is 1. The smallest absolute Gasteiger partial charge is 0.253 e. The molecule has 1 heterocycles. The lowest BCUT2D eigenvalue weighted by atomic mass is 10.1. The number of nitrogens with one attached hydrogen (secondary N) is 2. The van der Waals surface area contributed by atoms with Crippen molar-refractivity contribution in [3.63, 3.8) is 0 Å². The summed E-state index contributed by atoms with van der Waals surface area (Å²) >= 11 is 5.78. The quantitative estimate of drug-likeness (QED) is 0.470. The van der Waals surface area contributed by atoms with Crippen LogP contribution in [0, 0.1) is 6.92 Å². The van der Waals surface area contributed by atoms with Crippen LogP contribution >= 0.6 is 12.2 Å². The summed E-state index contributed by atoms with van der Waals surface area (Å²) in [6, 6.07) is 15.7. The first-order chi connectivity index (χ1) is 15.4. The number of H-pyrrole nitrogens is 1. The third-order valence-electron chi connectivity index (χ3n) is 5.65. The summed E-state index contributed by atoms with van der Waals surface area (Å²) in [5.74, 6) is 0.720. The molecule has 0 saturated heterocycles. The SMILES string of the molecule is CCN(CC)CCN(Cc1cc2cc(C)ccc2[nH]c1=O)C(=S)Nc1ccccc1OC. The van der Waals surface area contributed by atoms with Gasteiger partial charge in [0.05, 0.1) is 19.3 Å². The van der Waals surface area contributed by atoms with E-state index in [0.717, 1.165) is 47.5 Å². The van der Waals surface area contributed by atoms with E-state index in [1.54, 1.807) is 7.11 Å². The lowest BCUT2D eigenvalue weighted by molar-refractivity contribution is 0.266. The molecule has 0 aliphatic heterocycles. The predicted molar refractivity (Wildman–Crippen MR) is 137 cm³/mol. The fourth-order valence-corrected chi connectivity index (χ4v) is 3.96. The number of hydrogen-bond donors (Lipinski definition) is 2. The highest BCUT2D eigenvalue weighted by Crippen LogP contribution is 2.24. The van der Waals surface area contributed by atoms with E-state index in [2.05, 4.69) is 35.1 Å². The van der Waals surface area contributed by atoms with Crippen molar-refractivity contribution < 1.29 is 4.74 Å². The number of aryl methyl sites for hydroxylation is 1. The Morgan fingerprint density at radius 3 is 2.56 bits per heavy atom. The van der Waals surface area contributed by atoms with E-state index in [4.69, 9.17) is 17.0 Å². The molecule has 0 spiro atoms. The lowest BCUT2D eigenvalue weighted by Gasteiger charge is -2.29. The van der Waals surface area contributed by atoms with Gasteiger partial charge in [0.2, 0.25) is 0 Å². The summed E-state index contributed by atoms with van der Waals surface area (Å²) in [6.45, 7) is 10.2. The first kappa shape index (κ1) is 23.8. The Morgan fingerprint density at radius 1 is 1.09 bits per heavy atom. The second-order valence-corrected chi connectivity index (χ2v) is 8.18. The zero-order valence-electron chi connectivity index (χ0n) is 19.3. The van der Waals surface area contributed by atoms with E-state index in [1.807, 2.05) is 54.3 Å². The van der Waals surface area contributed by atoms with Crippen LogP contribution in [-0.2, 0) is 6.54 Å². The first-order valence-corrected chi connectivity index (χ1v) is 11.4. The molecular weight excluding hydrogens is 420 g/mol. The van der Waals surface area contributed by atoms with E-state index in [1.165, 1.54) is 0 Å². The standard InChI is InChI=1S/C25H32N4O2S/c1-5-28(6-2)13-14-29(25(32)27-22-9-7-8-10-23(22)31-4)17-20-16-19-15-18(3)11-12-21(19)26-24(20)30/h7-12,15-16H,5-6,13-14,17H2,1-4H3,(H,26,30)(H,27,32). The largest absolute Gasteiger partial charge is 0.495 e. The van der Waals surface area contributed by atoms with E-state index >= 15 is 0 Å². The molecule has 2 N–H and O–H groups in total. The predicted octanol–water partition coefficient (Wildman–Crippen LogP) is 4.39. The summed E-state index contributed by atoms with van der Waals surface area (Å²) in [4.78, 5) is 20.2. The van der Waals surface area contributed by atoms with Crippen LogP contribution in [0.15, 0.2) is 53.3 Å². The maximum atomic E-state index is 12.8. The van der Waals surface area contributed by atoms with Crippen molar-refractivity contribution in [2.24, 2.45) is 0 Å². The number of para-hydroxylation sites is 2. The Balaban J connectivity index is 1.88. The number of aromatic nitrogens is 1. The number of hydrogen-bond acceptors (Lipinski definition) is 4. The maximum absolute atomic E-state index is 12.8. The average Bonchev–Trinajstić information content (AvgIpc) is 2.79. The molecule has 6 nitrogen and oxygen atoms in total. The Labute approximate surface area is 195 Å². The molecular formula is C25H32N4O2S. The Bertz CT molecular complexity index is 1120. The number of rotatable bonds is 9. The number of ether oxygens (including phenoxy) is 1. The number of aromatic amines is 1. The second kappa shape index (κ2) is 11.1. The second-order valence-electron chi connectivity index (χ2n) is 7.79. The molecule has 3 aromatic rings. The van der Waals surface area contributed by atoms with Gasteiger partial charge in [0.25, 0.3) is 5.56 Å². The average molecular weight is 453 g/mol. The summed E-state index contributed by atoms with van der Waals surface area (Å²) in [5.41, 5.74) is 3.40. The number of benzene rings is 2. The fraction of sp³-hybridized carbons (Fsp3) is 0.360. The van der Waals surface area contributed by atoms with Crippen molar-refractivity contribution in [3.8, 4) is 5.75 Å². The molecule has 0 saturated carbocycles. The van der Waals surface area contributed by atoms with Crippen molar-refractivity contribution >= 4 is 33.9 Å². The van der Waals surface area contributed by atoms with Gasteiger partial charge in [0.15, 0.2) is 5.11 Å². The number of likely N-dealkylation sites (N-methyl/N-ethyl adjacent to an activating group) is 1. The van der Waals surface area contributed by atoms with Crippen LogP contribution in [0.25, 0.3) is 10.9 Å². The highest BCUT2D eigenvalue weighted by molar-refractivity contribution is 7.80. The molecule has 0 radical (unpaired) electrons. The number of anilines is 1. The molecule has 1 aromatic heterocycles. The number of fused-ring (bicyclic) bond motifs is 1. The normalized spacial score (nSPS) is 11.0. The Kier molecular flexibility index (Phi) is 8.25.